The van der Waals surface area contributed by atoms with E-state index in [9.17, 15) is 4.79 Å². The van der Waals surface area contributed by atoms with Crippen LogP contribution in [0.1, 0.15) is 40.5 Å². The van der Waals surface area contributed by atoms with Crippen molar-refractivity contribution in [1.29, 1.82) is 0 Å². The van der Waals surface area contributed by atoms with Gasteiger partial charge in [-0.2, -0.15) is 11.8 Å². The fraction of sp³-hybridized carbons (Fsp3) is 0.909. The smallest absolute Gasteiger partial charge is 0.230 e. The second-order valence-electron chi connectivity index (χ2n) is 4.60. The van der Waals surface area contributed by atoms with Gasteiger partial charge in [-0.15, -0.1) is 0 Å². The maximum absolute atomic E-state index is 11.5. The molecule has 0 fully saturated rings. The number of thioether (sulfide) groups is 1. The Bertz CT molecular complexity index is 193. The zero-order valence-electron chi connectivity index (χ0n) is 10.3. The first-order valence-electron chi connectivity index (χ1n) is 5.51. The summed E-state index contributed by atoms with van der Waals surface area (Å²) in [6, 6.07) is 0.229. The van der Waals surface area contributed by atoms with Crippen molar-refractivity contribution in [3.05, 3.63) is 0 Å². The topological polar surface area (TPSA) is 55.1 Å². The lowest BCUT2D eigenvalue weighted by Crippen LogP contribution is -2.43. The second kappa shape index (κ2) is 7.12. The molecular formula is C11H24N2OS. The highest BCUT2D eigenvalue weighted by Crippen LogP contribution is 2.09. The SMILES string of the molecule is CCC(C)(C)NC(=O)CSCCC(C)N. The van der Waals surface area contributed by atoms with Gasteiger partial charge in [0.1, 0.15) is 0 Å². The minimum Gasteiger partial charge on any atom is -0.351 e. The fourth-order valence-electron chi connectivity index (χ4n) is 0.936. The van der Waals surface area contributed by atoms with Gasteiger partial charge in [-0.25, -0.2) is 0 Å². The number of hydrogen-bond donors (Lipinski definition) is 2. The van der Waals surface area contributed by atoms with Gasteiger partial charge in [0, 0.05) is 11.6 Å². The predicted octanol–water partition coefficient (Wildman–Crippen LogP) is 1.76. The quantitative estimate of drug-likeness (QED) is 0.658. The highest BCUT2D eigenvalue weighted by atomic mass is 32.2. The Morgan fingerprint density at radius 1 is 1.53 bits per heavy atom. The van der Waals surface area contributed by atoms with E-state index in [0.717, 1.165) is 18.6 Å². The lowest BCUT2D eigenvalue weighted by atomic mass is 10.0. The monoisotopic (exact) mass is 232 g/mol. The number of carbonyl (C=O) groups excluding carboxylic acids is 1. The molecule has 0 spiro atoms. The molecule has 90 valence electrons. The highest BCUT2D eigenvalue weighted by Gasteiger charge is 2.17. The highest BCUT2D eigenvalue weighted by molar-refractivity contribution is 7.99. The van der Waals surface area contributed by atoms with E-state index < -0.39 is 0 Å². The molecular weight excluding hydrogens is 208 g/mol. The summed E-state index contributed by atoms with van der Waals surface area (Å²) >= 11 is 1.65. The van der Waals surface area contributed by atoms with Crippen LogP contribution in [0, 0.1) is 0 Å². The summed E-state index contributed by atoms with van der Waals surface area (Å²) in [7, 11) is 0. The predicted molar refractivity (Wildman–Crippen MR) is 68.1 cm³/mol. The van der Waals surface area contributed by atoms with Gasteiger partial charge < -0.3 is 11.1 Å². The van der Waals surface area contributed by atoms with Crippen LogP contribution in [0.3, 0.4) is 0 Å². The van der Waals surface area contributed by atoms with Gasteiger partial charge in [0.25, 0.3) is 0 Å². The van der Waals surface area contributed by atoms with E-state index in [-0.39, 0.29) is 17.5 Å². The first-order valence-corrected chi connectivity index (χ1v) is 6.67. The molecule has 0 aliphatic heterocycles. The number of rotatable bonds is 7. The summed E-state index contributed by atoms with van der Waals surface area (Å²) in [5, 5.41) is 3.00. The molecule has 0 heterocycles. The van der Waals surface area contributed by atoms with Crippen molar-refractivity contribution in [3.8, 4) is 0 Å². The summed E-state index contributed by atoms with van der Waals surface area (Å²) in [6.07, 6.45) is 1.92. The van der Waals surface area contributed by atoms with E-state index in [0.29, 0.717) is 5.75 Å². The van der Waals surface area contributed by atoms with E-state index in [1.807, 2.05) is 20.8 Å². The van der Waals surface area contributed by atoms with E-state index in [4.69, 9.17) is 5.73 Å². The standard InChI is InChI=1S/C11H24N2OS/c1-5-11(3,4)13-10(14)8-15-7-6-9(2)12/h9H,5-8,12H2,1-4H3,(H,13,14). The first kappa shape index (κ1) is 14.8. The molecule has 0 radical (unpaired) electrons. The molecule has 0 bridgehead atoms. The van der Waals surface area contributed by atoms with Crippen LogP contribution in [0.2, 0.25) is 0 Å². The molecule has 1 unspecified atom stereocenters. The second-order valence-corrected chi connectivity index (χ2v) is 5.71. The zero-order valence-corrected chi connectivity index (χ0v) is 11.1. The normalized spacial score (nSPS) is 13.7. The van der Waals surface area contributed by atoms with Crippen LogP contribution in [0.5, 0.6) is 0 Å². The third-order valence-electron chi connectivity index (χ3n) is 2.31. The Morgan fingerprint density at radius 3 is 2.60 bits per heavy atom. The summed E-state index contributed by atoms with van der Waals surface area (Å²) in [5.74, 6) is 1.62. The maximum Gasteiger partial charge on any atom is 0.230 e. The Morgan fingerprint density at radius 2 is 2.13 bits per heavy atom. The molecule has 0 saturated heterocycles. The van der Waals surface area contributed by atoms with Gasteiger partial charge in [0.05, 0.1) is 5.75 Å². The molecule has 0 aliphatic rings. The van der Waals surface area contributed by atoms with Crippen LogP contribution >= 0.6 is 11.8 Å². The molecule has 0 aromatic heterocycles. The Labute approximate surface area is 97.6 Å². The van der Waals surface area contributed by atoms with Gasteiger partial charge >= 0.3 is 0 Å². The van der Waals surface area contributed by atoms with E-state index in [2.05, 4.69) is 12.2 Å². The molecule has 4 heteroatoms. The molecule has 1 atom stereocenters. The number of hydrogen-bond acceptors (Lipinski definition) is 3. The number of amides is 1. The van der Waals surface area contributed by atoms with Gasteiger partial charge in [0.2, 0.25) is 5.91 Å². The van der Waals surface area contributed by atoms with Crippen LogP contribution in [0.15, 0.2) is 0 Å². The maximum atomic E-state index is 11.5. The van der Waals surface area contributed by atoms with Crippen molar-refractivity contribution < 1.29 is 4.79 Å². The minimum atomic E-state index is -0.0845. The summed E-state index contributed by atoms with van der Waals surface area (Å²) in [6.45, 7) is 8.14. The molecule has 0 aliphatic carbocycles. The molecule has 0 aromatic carbocycles. The average molecular weight is 232 g/mol. The summed E-state index contributed by atoms with van der Waals surface area (Å²) < 4.78 is 0. The zero-order chi connectivity index (χ0) is 11.9. The Balaban J connectivity index is 3.58. The number of nitrogens with two attached hydrogens (primary N) is 1. The lowest BCUT2D eigenvalue weighted by molar-refractivity contribution is -0.120. The van der Waals surface area contributed by atoms with Crippen LogP contribution in [0.25, 0.3) is 0 Å². The molecule has 15 heavy (non-hydrogen) atoms. The lowest BCUT2D eigenvalue weighted by Gasteiger charge is -2.24. The summed E-state index contributed by atoms with van der Waals surface area (Å²) in [4.78, 5) is 11.5. The Kier molecular flexibility index (Phi) is 7.02. The van der Waals surface area contributed by atoms with E-state index in [1.54, 1.807) is 11.8 Å². The van der Waals surface area contributed by atoms with Gasteiger partial charge in [-0.1, -0.05) is 6.92 Å². The third-order valence-corrected chi connectivity index (χ3v) is 3.30. The van der Waals surface area contributed by atoms with Crippen molar-refractivity contribution in [2.75, 3.05) is 11.5 Å². The van der Waals surface area contributed by atoms with Gasteiger partial charge in [-0.05, 0) is 39.4 Å². The Hall–Kier alpha value is -0.220. The molecule has 1 amide bonds. The molecule has 3 nitrogen and oxygen atoms in total. The first-order chi connectivity index (χ1) is 6.87. The van der Waals surface area contributed by atoms with Crippen molar-refractivity contribution in [2.24, 2.45) is 5.73 Å². The van der Waals surface area contributed by atoms with Crippen molar-refractivity contribution in [3.63, 3.8) is 0 Å². The van der Waals surface area contributed by atoms with Crippen molar-refractivity contribution in [1.82, 2.24) is 5.32 Å². The molecule has 0 aromatic rings. The molecule has 0 rings (SSSR count). The van der Waals surface area contributed by atoms with Crippen molar-refractivity contribution >= 4 is 17.7 Å². The minimum absolute atomic E-state index is 0.0845. The van der Waals surface area contributed by atoms with Crippen LogP contribution in [-0.2, 0) is 4.79 Å². The summed E-state index contributed by atoms with van der Waals surface area (Å²) in [5.41, 5.74) is 5.53. The fourth-order valence-corrected chi connectivity index (χ4v) is 1.88. The molecule has 3 N–H and O–H groups in total. The van der Waals surface area contributed by atoms with Crippen LogP contribution < -0.4 is 11.1 Å². The number of nitrogens with one attached hydrogen (secondary N) is 1. The van der Waals surface area contributed by atoms with Crippen molar-refractivity contribution in [2.45, 2.75) is 52.1 Å². The van der Waals surface area contributed by atoms with Gasteiger partial charge in [0.15, 0.2) is 0 Å². The van der Waals surface area contributed by atoms with Crippen LogP contribution in [-0.4, -0.2) is 29.0 Å². The van der Waals surface area contributed by atoms with Gasteiger partial charge in [-0.3, -0.25) is 4.79 Å². The average Bonchev–Trinajstić information content (AvgIpc) is 2.11. The number of carbonyl (C=O) groups is 1. The molecule has 0 saturated carbocycles. The third kappa shape index (κ3) is 8.75. The largest absolute Gasteiger partial charge is 0.351 e. The van der Waals surface area contributed by atoms with E-state index in [1.165, 1.54) is 0 Å². The van der Waals surface area contributed by atoms with Crippen LogP contribution in [0.4, 0.5) is 0 Å². The van der Waals surface area contributed by atoms with E-state index >= 15 is 0 Å².